The van der Waals surface area contributed by atoms with Gasteiger partial charge in [-0.1, -0.05) is 55.9 Å². The number of aliphatic hydroxyl groups excluding tert-OH is 1. The first kappa shape index (κ1) is 18.0. The number of benzene rings is 1. The number of phenols is 1. The molecule has 1 heterocycles. The van der Waals surface area contributed by atoms with Crippen LogP contribution in [-0.4, -0.2) is 27.8 Å². The topological polar surface area (TPSA) is 85.4 Å². The zero-order chi connectivity index (χ0) is 18.1. The van der Waals surface area contributed by atoms with Gasteiger partial charge in [-0.2, -0.15) is 0 Å². The van der Waals surface area contributed by atoms with E-state index < -0.39 is 6.10 Å². The van der Waals surface area contributed by atoms with E-state index in [0.29, 0.717) is 28.4 Å². The molecule has 0 radical (unpaired) electrons. The van der Waals surface area contributed by atoms with Crippen molar-refractivity contribution < 1.29 is 10.2 Å². The molecule has 2 aliphatic carbocycles. The summed E-state index contributed by atoms with van der Waals surface area (Å²) in [7, 11) is 0. The Hall–Kier alpha value is -1.37. The van der Waals surface area contributed by atoms with Crippen LogP contribution in [-0.2, 0) is 0 Å². The van der Waals surface area contributed by atoms with Gasteiger partial charge in [0.2, 0.25) is 0 Å². The molecule has 1 aromatic heterocycles. The van der Waals surface area contributed by atoms with E-state index in [9.17, 15) is 15.0 Å². The van der Waals surface area contributed by atoms with Crippen molar-refractivity contribution in [1.82, 2.24) is 10.3 Å². The largest absolute Gasteiger partial charge is 0.506 e. The van der Waals surface area contributed by atoms with Crippen LogP contribution in [0.5, 0.6) is 5.75 Å². The summed E-state index contributed by atoms with van der Waals surface area (Å²) < 4.78 is 0.652. The molecule has 2 fully saturated rings. The van der Waals surface area contributed by atoms with Gasteiger partial charge in [0, 0.05) is 18.2 Å². The predicted octanol–water partition coefficient (Wildman–Crippen LogP) is 3.67. The summed E-state index contributed by atoms with van der Waals surface area (Å²) in [6, 6.07) is 3.76. The van der Waals surface area contributed by atoms with E-state index >= 15 is 0 Å². The van der Waals surface area contributed by atoms with Gasteiger partial charge in [-0.25, -0.2) is 0 Å². The number of fused-ring (bicyclic) bond motifs is 1. The van der Waals surface area contributed by atoms with Crippen molar-refractivity contribution in [2.45, 2.75) is 63.5 Å². The first-order valence-electron chi connectivity index (χ1n) is 9.89. The number of aromatic amines is 1. The van der Waals surface area contributed by atoms with Gasteiger partial charge in [0.05, 0.1) is 10.8 Å². The third kappa shape index (κ3) is 3.55. The van der Waals surface area contributed by atoms with Gasteiger partial charge in [-0.15, -0.1) is 0 Å². The van der Waals surface area contributed by atoms with Crippen molar-refractivity contribution in [1.29, 1.82) is 0 Å². The lowest BCUT2D eigenvalue weighted by Gasteiger charge is -2.32. The molecule has 0 amide bonds. The molecular formula is C20H28N2O3S. The van der Waals surface area contributed by atoms with Crippen LogP contribution in [0.1, 0.15) is 63.0 Å². The molecule has 26 heavy (non-hydrogen) atoms. The van der Waals surface area contributed by atoms with Crippen LogP contribution >= 0.6 is 11.3 Å². The minimum absolute atomic E-state index is 0.0513. The average molecular weight is 377 g/mol. The SMILES string of the molecule is O=c1[nH]c2c(O)ccc([C@@H](O)CN[C@@H]3CCC[C@@H]3C3CCCCC3)c2s1. The molecule has 2 aromatic rings. The fraction of sp³-hybridized carbons (Fsp3) is 0.650. The lowest BCUT2D eigenvalue weighted by Crippen LogP contribution is -2.38. The Bertz CT molecular complexity index is 809. The van der Waals surface area contributed by atoms with Crippen molar-refractivity contribution in [3.05, 3.63) is 27.4 Å². The molecule has 0 spiro atoms. The highest BCUT2D eigenvalue weighted by Gasteiger charge is 2.34. The summed E-state index contributed by atoms with van der Waals surface area (Å²) in [4.78, 5) is 14.1. The highest BCUT2D eigenvalue weighted by Crippen LogP contribution is 2.40. The van der Waals surface area contributed by atoms with Gasteiger partial charge < -0.3 is 20.5 Å². The molecule has 4 rings (SSSR count). The van der Waals surface area contributed by atoms with E-state index in [1.165, 1.54) is 51.4 Å². The zero-order valence-corrected chi connectivity index (χ0v) is 15.9. The van der Waals surface area contributed by atoms with Crippen LogP contribution in [0, 0.1) is 11.8 Å². The summed E-state index contributed by atoms with van der Waals surface area (Å²) >= 11 is 1.04. The van der Waals surface area contributed by atoms with Crippen molar-refractivity contribution in [2.75, 3.05) is 6.54 Å². The molecule has 0 bridgehead atoms. The van der Waals surface area contributed by atoms with Crippen LogP contribution < -0.4 is 10.2 Å². The van der Waals surface area contributed by atoms with E-state index in [2.05, 4.69) is 10.3 Å². The second kappa shape index (κ2) is 7.71. The lowest BCUT2D eigenvalue weighted by molar-refractivity contribution is 0.155. The third-order valence-corrected chi connectivity index (χ3v) is 7.28. The fourth-order valence-corrected chi connectivity index (χ4v) is 5.96. The van der Waals surface area contributed by atoms with Crippen molar-refractivity contribution in [2.24, 2.45) is 11.8 Å². The summed E-state index contributed by atoms with van der Waals surface area (Å²) in [6.45, 7) is 0.486. The predicted molar refractivity (Wildman–Crippen MR) is 105 cm³/mol. The number of aromatic nitrogens is 1. The third-order valence-electron chi connectivity index (χ3n) is 6.35. The van der Waals surface area contributed by atoms with E-state index in [-0.39, 0.29) is 10.6 Å². The van der Waals surface area contributed by atoms with Crippen molar-refractivity contribution >= 4 is 21.6 Å². The second-order valence-electron chi connectivity index (χ2n) is 7.92. The molecule has 6 heteroatoms. The Labute approximate surface area is 157 Å². The Kier molecular flexibility index (Phi) is 5.34. The van der Waals surface area contributed by atoms with Crippen LogP contribution in [0.25, 0.3) is 10.2 Å². The smallest absolute Gasteiger partial charge is 0.305 e. The minimum Gasteiger partial charge on any atom is -0.506 e. The normalized spacial score (nSPS) is 25.7. The number of hydrogen-bond donors (Lipinski definition) is 4. The van der Waals surface area contributed by atoms with Crippen LogP contribution in [0.3, 0.4) is 0 Å². The number of rotatable bonds is 5. The number of hydrogen-bond acceptors (Lipinski definition) is 5. The molecule has 1 aromatic carbocycles. The number of nitrogens with one attached hydrogen (secondary N) is 2. The van der Waals surface area contributed by atoms with Crippen LogP contribution in [0.15, 0.2) is 16.9 Å². The molecule has 0 saturated heterocycles. The lowest BCUT2D eigenvalue weighted by atomic mass is 9.77. The van der Waals surface area contributed by atoms with Gasteiger partial charge >= 0.3 is 4.87 Å². The zero-order valence-electron chi connectivity index (χ0n) is 15.0. The van der Waals surface area contributed by atoms with Crippen molar-refractivity contribution in [3.8, 4) is 5.75 Å². The highest BCUT2D eigenvalue weighted by atomic mass is 32.1. The van der Waals surface area contributed by atoms with Crippen LogP contribution in [0.2, 0.25) is 0 Å². The van der Waals surface area contributed by atoms with E-state index in [4.69, 9.17) is 0 Å². The molecule has 4 N–H and O–H groups in total. The monoisotopic (exact) mass is 376 g/mol. The number of aromatic hydroxyl groups is 1. The summed E-state index contributed by atoms with van der Waals surface area (Å²) in [5.74, 6) is 1.64. The molecule has 2 saturated carbocycles. The van der Waals surface area contributed by atoms with Gasteiger partial charge in [0.15, 0.2) is 0 Å². The van der Waals surface area contributed by atoms with Crippen LogP contribution in [0.4, 0.5) is 0 Å². The first-order valence-corrected chi connectivity index (χ1v) is 10.7. The molecule has 5 nitrogen and oxygen atoms in total. The van der Waals surface area contributed by atoms with Gasteiger partial charge in [0.25, 0.3) is 0 Å². The van der Waals surface area contributed by atoms with Gasteiger partial charge in [-0.05, 0) is 30.7 Å². The second-order valence-corrected chi connectivity index (χ2v) is 8.90. The quantitative estimate of drug-likeness (QED) is 0.641. The fourth-order valence-electron chi connectivity index (χ4n) is 5.04. The Morgan fingerprint density at radius 2 is 1.96 bits per heavy atom. The van der Waals surface area contributed by atoms with Gasteiger partial charge in [0.1, 0.15) is 11.3 Å². The van der Waals surface area contributed by atoms with E-state index in [0.717, 1.165) is 23.2 Å². The molecule has 3 atom stereocenters. The summed E-state index contributed by atoms with van der Waals surface area (Å²) in [5, 5.41) is 24.3. The average Bonchev–Trinajstić information content (AvgIpc) is 3.27. The first-order chi connectivity index (χ1) is 12.6. The Morgan fingerprint density at radius 3 is 2.77 bits per heavy atom. The summed E-state index contributed by atoms with van der Waals surface area (Å²) in [6.07, 6.45) is 9.94. The molecular weight excluding hydrogens is 348 g/mol. The molecule has 0 unspecified atom stereocenters. The molecule has 2 aliphatic rings. The molecule has 0 aliphatic heterocycles. The van der Waals surface area contributed by atoms with Crippen molar-refractivity contribution in [3.63, 3.8) is 0 Å². The number of H-pyrrole nitrogens is 1. The standard InChI is InChI=1S/C20H28N2O3S/c23-16-10-9-14(19-18(16)22-20(25)26-19)17(24)11-21-15-8-4-7-13(15)12-5-2-1-3-6-12/h9-10,12-13,15,17,21,23-24H,1-8,11H2,(H,22,25)/t13-,15-,17+/m1/s1. The maximum absolute atomic E-state index is 11.7. The van der Waals surface area contributed by atoms with Gasteiger partial charge in [-0.3, -0.25) is 4.79 Å². The maximum Gasteiger partial charge on any atom is 0.305 e. The number of thiazole rings is 1. The maximum atomic E-state index is 11.7. The van der Waals surface area contributed by atoms with E-state index in [1.54, 1.807) is 12.1 Å². The molecule has 142 valence electrons. The van der Waals surface area contributed by atoms with E-state index in [1.807, 2.05) is 0 Å². The Morgan fingerprint density at radius 1 is 1.15 bits per heavy atom. The summed E-state index contributed by atoms with van der Waals surface area (Å²) in [5.41, 5.74) is 1.14. The highest BCUT2D eigenvalue weighted by molar-refractivity contribution is 7.16. The number of aliphatic hydroxyl groups is 1. The number of phenolic OH excluding ortho intramolecular Hbond substituents is 1. The minimum atomic E-state index is -0.683. The Balaban J connectivity index is 1.44.